The van der Waals surface area contributed by atoms with E-state index in [-0.39, 0.29) is 11.8 Å². The zero-order valence-electron chi connectivity index (χ0n) is 16.8. The highest BCUT2D eigenvalue weighted by molar-refractivity contribution is 9.10. The molecule has 0 saturated carbocycles. The zero-order valence-corrected chi connectivity index (χ0v) is 19.2. The Labute approximate surface area is 180 Å². The summed E-state index contributed by atoms with van der Waals surface area (Å²) in [6.45, 7) is 8.08. The van der Waals surface area contributed by atoms with E-state index in [1.54, 1.807) is 0 Å². The summed E-state index contributed by atoms with van der Waals surface area (Å²) < 4.78 is 0.879. The maximum Gasteiger partial charge on any atom is 0.234 e. The van der Waals surface area contributed by atoms with Crippen LogP contribution in [0.15, 0.2) is 34.8 Å². The van der Waals surface area contributed by atoms with Crippen molar-refractivity contribution >= 4 is 50.9 Å². The van der Waals surface area contributed by atoms with Crippen LogP contribution in [-0.2, 0) is 9.59 Å². The smallest absolute Gasteiger partial charge is 0.234 e. The van der Waals surface area contributed by atoms with Gasteiger partial charge < -0.3 is 10.6 Å². The van der Waals surface area contributed by atoms with Crippen molar-refractivity contribution < 1.29 is 9.59 Å². The van der Waals surface area contributed by atoms with E-state index >= 15 is 0 Å². The molecule has 4 nitrogen and oxygen atoms in total. The van der Waals surface area contributed by atoms with Crippen LogP contribution in [0.3, 0.4) is 0 Å². The Morgan fingerprint density at radius 1 is 0.929 bits per heavy atom. The van der Waals surface area contributed by atoms with Gasteiger partial charge in [0, 0.05) is 16.6 Å². The third-order valence-electron chi connectivity index (χ3n) is 4.27. The van der Waals surface area contributed by atoms with Crippen LogP contribution in [0, 0.1) is 27.7 Å². The van der Waals surface area contributed by atoms with Gasteiger partial charge in [0.25, 0.3) is 0 Å². The summed E-state index contributed by atoms with van der Waals surface area (Å²) in [6, 6.07) is 9.97. The fourth-order valence-corrected chi connectivity index (χ4v) is 4.33. The molecule has 2 amide bonds. The number of carbonyl (C=O) groups is 2. The molecule has 0 fully saturated rings. The summed E-state index contributed by atoms with van der Waals surface area (Å²) in [5.74, 6) is 1.12. The molecule has 2 aromatic rings. The molecule has 0 unspecified atom stereocenters. The summed E-state index contributed by atoms with van der Waals surface area (Å²) >= 11 is 5.00. The Hall–Kier alpha value is -1.79. The number of nitrogens with one attached hydrogen (secondary N) is 2. The second-order valence-corrected chi connectivity index (χ2v) is 8.97. The predicted octanol–water partition coefficient (Wildman–Crippen LogP) is 5.77. The minimum absolute atomic E-state index is 0.0173. The normalized spacial score (nSPS) is 10.6. The average Bonchev–Trinajstić information content (AvgIpc) is 2.60. The van der Waals surface area contributed by atoms with Crippen molar-refractivity contribution in [2.75, 3.05) is 22.1 Å². The van der Waals surface area contributed by atoms with Crippen LogP contribution in [0.1, 0.15) is 35.1 Å². The van der Waals surface area contributed by atoms with Crippen molar-refractivity contribution in [3.63, 3.8) is 0 Å². The first-order chi connectivity index (χ1) is 13.3. The highest BCUT2D eigenvalue weighted by atomic mass is 79.9. The van der Waals surface area contributed by atoms with E-state index < -0.39 is 0 Å². The third-order valence-corrected chi connectivity index (χ3v) is 5.97. The Balaban J connectivity index is 1.68. The van der Waals surface area contributed by atoms with Gasteiger partial charge >= 0.3 is 0 Å². The monoisotopic (exact) mass is 462 g/mol. The second kappa shape index (κ2) is 10.7. The van der Waals surface area contributed by atoms with E-state index in [2.05, 4.69) is 45.6 Å². The maximum absolute atomic E-state index is 12.2. The quantitative estimate of drug-likeness (QED) is 0.489. The number of aryl methyl sites for hydroxylation is 4. The molecule has 0 atom stereocenters. The molecule has 0 aliphatic rings. The van der Waals surface area contributed by atoms with Crippen molar-refractivity contribution in [1.29, 1.82) is 0 Å². The molecule has 0 aromatic heterocycles. The van der Waals surface area contributed by atoms with Gasteiger partial charge in [0.05, 0.1) is 11.4 Å². The van der Waals surface area contributed by atoms with Crippen molar-refractivity contribution in [2.24, 2.45) is 0 Å². The molecular weight excluding hydrogens is 436 g/mol. The largest absolute Gasteiger partial charge is 0.326 e. The first-order valence-electron chi connectivity index (χ1n) is 9.27. The fraction of sp³-hybridized carbons (Fsp3) is 0.364. The Bertz CT molecular complexity index is 845. The molecule has 0 heterocycles. The summed E-state index contributed by atoms with van der Waals surface area (Å²) in [4.78, 5) is 24.3. The van der Waals surface area contributed by atoms with Crippen LogP contribution in [-0.4, -0.2) is 23.3 Å². The van der Waals surface area contributed by atoms with E-state index in [1.165, 1.54) is 17.3 Å². The number of benzene rings is 2. The molecule has 0 bridgehead atoms. The van der Waals surface area contributed by atoms with Gasteiger partial charge in [0.15, 0.2) is 0 Å². The summed E-state index contributed by atoms with van der Waals surface area (Å²) in [6.07, 6.45) is 1.19. The number of anilines is 2. The van der Waals surface area contributed by atoms with Crippen molar-refractivity contribution in [3.8, 4) is 0 Å². The zero-order chi connectivity index (χ0) is 20.7. The molecule has 2 aromatic carbocycles. The molecule has 28 heavy (non-hydrogen) atoms. The molecule has 0 radical (unpaired) electrons. The van der Waals surface area contributed by atoms with Crippen LogP contribution in [0.2, 0.25) is 0 Å². The van der Waals surface area contributed by atoms with Gasteiger partial charge in [0.1, 0.15) is 0 Å². The first kappa shape index (κ1) is 22.5. The van der Waals surface area contributed by atoms with E-state index in [9.17, 15) is 9.59 Å². The Morgan fingerprint density at radius 2 is 1.61 bits per heavy atom. The van der Waals surface area contributed by atoms with Crippen LogP contribution in [0.5, 0.6) is 0 Å². The molecule has 2 rings (SSSR count). The summed E-state index contributed by atoms with van der Waals surface area (Å²) in [7, 11) is 0. The summed E-state index contributed by atoms with van der Waals surface area (Å²) in [5, 5.41) is 5.92. The van der Waals surface area contributed by atoms with Gasteiger partial charge in [-0.1, -0.05) is 23.8 Å². The number of halogens is 1. The van der Waals surface area contributed by atoms with Gasteiger partial charge in [-0.25, -0.2) is 0 Å². The highest BCUT2D eigenvalue weighted by Gasteiger charge is 2.09. The van der Waals surface area contributed by atoms with E-state index in [0.717, 1.165) is 44.7 Å². The first-order valence-corrected chi connectivity index (χ1v) is 11.2. The molecule has 150 valence electrons. The minimum Gasteiger partial charge on any atom is -0.326 e. The van der Waals surface area contributed by atoms with Gasteiger partial charge in [0.2, 0.25) is 11.8 Å². The second-order valence-electron chi connectivity index (χ2n) is 7.01. The number of rotatable bonds is 8. The number of carbonyl (C=O) groups excluding carboxylic acids is 2. The standard InChI is InChI=1S/C22H27BrN2O2S/c1-14-7-8-19(18(23)12-14)24-21(27)13-28-9-5-6-20(26)25-22-16(3)10-15(2)11-17(22)4/h7-8,10-12H,5-6,9,13H2,1-4H3,(H,24,27)(H,25,26). The van der Waals surface area contributed by atoms with E-state index in [0.29, 0.717) is 12.2 Å². The minimum atomic E-state index is -0.0371. The van der Waals surface area contributed by atoms with Crippen LogP contribution in [0.4, 0.5) is 11.4 Å². The lowest BCUT2D eigenvalue weighted by Crippen LogP contribution is -2.15. The number of thioether (sulfide) groups is 1. The maximum atomic E-state index is 12.2. The molecule has 0 aliphatic heterocycles. The van der Waals surface area contributed by atoms with Gasteiger partial charge in [-0.05, 0) is 84.6 Å². The van der Waals surface area contributed by atoms with Crippen LogP contribution < -0.4 is 10.6 Å². The molecule has 0 aliphatic carbocycles. The number of hydrogen-bond acceptors (Lipinski definition) is 3. The SMILES string of the molecule is Cc1cc(C)c(NC(=O)CCCSCC(=O)Nc2ccc(C)cc2Br)c(C)c1. The van der Waals surface area contributed by atoms with Gasteiger partial charge in [-0.15, -0.1) is 0 Å². The molecule has 6 heteroatoms. The Morgan fingerprint density at radius 3 is 2.25 bits per heavy atom. The highest BCUT2D eigenvalue weighted by Crippen LogP contribution is 2.24. The van der Waals surface area contributed by atoms with E-state index in [4.69, 9.17) is 0 Å². The molecule has 0 spiro atoms. The summed E-state index contributed by atoms with van der Waals surface area (Å²) in [5.41, 5.74) is 6.18. The molecular formula is C22H27BrN2O2S. The molecule has 2 N–H and O–H groups in total. The van der Waals surface area contributed by atoms with Crippen LogP contribution >= 0.6 is 27.7 Å². The average molecular weight is 463 g/mol. The van der Waals surface area contributed by atoms with Crippen molar-refractivity contribution in [1.82, 2.24) is 0 Å². The van der Waals surface area contributed by atoms with Gasteiger partial charge in [-0.3, -0.25) is 9.59 Å². The van der Waals surface area contributed by atoms with Crippen molar-refractivity contribution in [3.05, 3.63) is 57.1 Å². The van der Waals surface area contributed by atoms with Gasteiger partial charge in [-0.2, -0.15) is 11.8 Å². The Kier molecular flexibility index (Phi) is 8.58. The fourth-order valence-electron chi connectivity index (χ4n) is 2.99. The van der Waals surface area contributed by atoms with Crippen LogP contribution in [0.25, 0.3) is 0 Å². The number of hydrogen-bond donors (Lipinski definition) is 2. The van der Waals surface area contributed by atoms with E-state index in [1.807, 2.05) is 39.0 Å². The van der Waals surface area contributed by atoms with Crippen molar-refractivity contribution in [2.45, 2.75) is 40.5 Å². The topological polar surface area (TPSA) is 58.2 Å². The predicted molar refractivity (Wildman–Crippen MR) is 123 cm³/mol. The molecule has 0 saturated heterocycles. The number of amides is 2. The lowest BCUT2D eigenvalue weighted by molar-refractivity contribution is -0.116. The lowest BCUT2D eigenvalue weighted by atomic mass is 10.0. The third kappa shape index (κ3) is 6.99. The lowest BCUT2D eigenvalue weighted by Gasteiger charge is -2.12.